The molecule has 1 aliphatic heterocycles. The summed E-state index contributed by atoms with van der Waals surface area (Å²) in [5.74, 6) is 0.000495. The van der Waals surface area contributed by atoms with Crippen LogP contribution in [0.15, 0.2) is 48.5 Å². The zero-order valence-electron chi connectivity index (χ0n) is 16.9. The van der Waals surface area contributed by atoms with Crippen molar-refractivity contribution in [3.63, 3.8) is 0 Å². The summed E-state index contributed by atoms with van der Waals surface area (Å²) in [5.41, 5.74) is 1.25. The number of nitrogens with zero attached hydrogens (tertiary/aromatic N) is 2. The molecule has 2 unspecified atom stereocenters. The Balaban J connectivity index is 1.38. The molecule has 2 aromatic carbocycles. The molecule has 0 amide bonds. The van der Waals surface area contributed by atoms with E-state index >= 15 is 0 Å². The zero-order valence-corrected chi connectivity index (χ0v) is 17.6. The summed E-state index contributed by atoms with van der Waals surface area (Å²) in [4.78, 5) is 4.82. The molecule has 1 N–H and O–H groups in total. The average Bonchev–Trinajstić information content (AvgIpc) is 2.71. The second-order valence-electron chi connectivity index (χ2n) is 8.59. The van der Waals surface area contributed by atoms with Gasteiger partial charge in [0.1, 0.15) is 5.82 Å². The summed E-state index contributed by atoms with van der Waals surface area (Å²) in [7, 11) is 0. The molecule has 0 aromatic heterocycles. The molecule has 2 aromatic rings. The molecule has 1 heterocycles. The first kappa shape index (κ1) is 20.6. The second-order valence-corrected chi connectivity index (χ2v) is 9.00. The van der Waals surface area contributed by atoms with E-state index in [9.17, 15) is 9.50 Å². The van der Waals surface area contributed by atoms with Crippen molar-refractivity contribution in [3.8, 4) is 0 Å². The number of halogens is 2. The van der Waals surface area contributed by atoms with Crippen molar-refractivity contribution in [3.05, 3.63) is 64.9 Å². The first-order chi connectivity index (χ1) is 14.0. The van der Waals surface area contributed by atoms with Crippen LogP contribution < -0.4 is 4.90 Å². The Morgan fingerprint density at radius 3 is 2.59 bits per heavy atom. The summed E-state index contributed by atoms with van der Waals surface area (Å²) in [6, 6.07) is 14.7. The molecule has 2 aliphatic rings. The average molecular weight is 417 g/mol. The van der Waals surface area contributed by atoms with E-state index in [4.69, 9.17) is 11.6 Å². The second kappa shape index (κ2) is 9.03. The third-order valence-corrected chi connectivity index (χ3v) is 6.94. The Morgan fingerprint density at radius 2 is 1.83 bits per heavy atom. The van der Waals surface area contributed by atoms with Gasteiger partial charge in [-0.05, 0) is 42.7 Å². The highest BCUT2D eigenvalue weighted by atomic mass is 35.5. The van der Waals surface area contributed by atoms with Gasteiger partial charge in [-0.15, -0.1) is 0 Å². The monoisotopic (exact) mass is 416 g/mol. The molecular weight excluding hydrogens is 387 g/mol. The van der Waals surface area contributed by atoms with Crippen LogP contribution in [-0.4, -0.2) is 48.3 Å². The lowest BCUT2D eigenvalue weighted by Crippen LogP contribution is -2.52. The van der Waals surface area contributed by atoms with Gasteiger partial charge in [0, 0.05) is 45.1 Å². The van der Waals surface area contributed by atoms with Crippen LogP contribution >= 0.6 is 11.6 Å². The summed E-state index contributed by atoms with van der Waals surface area (Å²) in [5, 5.41) is 12.3. The zero-order chi connectivity index (χ0) is 20.3. The minimum absolute atomic E-state index is 0.228. The number of anilines is 1. The van der Waals surface area contributed by atoms with E-state index in [1.807, 2.05) is 24.3 Å². The number of hydrogen-bond donors (Lipinski definition) is 1. The van der Waals surface area contributed by atoms with E-state index in [2.05, 4.69) is 15.9 Å². The van der Waals surface area contributed by atoms with Crippen LogP contribution in [-0.2, 0) is 6.42 Å². The van der Waals surface area contributed by atoms with Gasteiger partial charge in [0.25, 0.3) is 0 Å². The number of para-hydroxylation sites is 1. The van der Waals surface area contributed by atoms with Crippen LogP contribution in [0, 0.1) is 11.7 Å². The van der Waals surface area contributed by atoms with E-state index in [0.29, 0.717) is 6.42 Å². The topological polar surface area (TPSA) is 26.7 Å². The van der Waals surface area contributed by atoms with Crippen LogP contribution in [0.1, 0.15) is 31.2 Å². The Labute approximate surface area is 178 Å². The minimum atomic E-state index is -0.744. The largest absolute Gasteiger partial charge is 0.389 e. The highest BCUT2D eigenvalue weighted by Gasteiger charge is 2.40. The molecule has 1 saturated carbocycles. The third kappa shape index (κ3) is 4.93. The van der Waals surface area contributed by atoms with Gasteiger partial charge in [-0.3, -0.25) is 4.90 Å². The fourth-order valence-electron chi connectivity index (χ4n) is 4.98. The normalized spacial score (nSPS) is 25.9. The maximum Gasteiger partial charge on any atom is 0.123 e. The van der Waals surface area contributed by atoms with Crippen molar-refractivity contribution in [2.45, 2.75) is 37.7 Å². The molecule has 1 aliphatic carbocycles. The highest BCUT2D eigenvalue weighted by molar-refractivity contribution is 6.33. The molecule has 0 radical (unpaired) electrons. The van der Waals surface area contributed by atoms with Gasteiger partial charge >= 0.3 is 0 Å². The first-order valence-corrected chi connectivity index (χ1v) is 11.1. The molecule has 5 heteroatoms. The lowest BCUT2D eigenvalue weighted by atomic mass is 9.72. The van der Waals surface area contributed by atoms with Gasteiger partial charge < -0.3 is 10.0 Å². The Hall–Kier alpha value is -1.62. The van der Waals surface area contributed by atoms with Crippen LogP contribution in [0.2, 0.25) is 5.02 Å². The van der Waals surface area contributed by atoms with Gasteiger partial charge in [-0.25, -0.2) is 4.39 Å². The molecule has 4 rings (SSSR count). The molecule has 1 saturated heterocycles. The first-order valence-electron chi connectivity index (χ1n) is 10.7. The molecule has 3 nitrogen and oxygen atoms in total. The Bertz CT molecular complexity index is 824. The van der Waals surface area contributed by atoms with Gasteiger partial charge in [-0.2, -0.15) is 0 Å². The standard InChI is InChI=1S/C24H30ClFN2O/c25-22-9-1-2-10-23(22)28-14-12-27(13-15-28)18-20-7-3-4-11-24(20,29)17-19-6-5-8-21(26)16-19/h1-2,5-6,8-10,16,20,29H,3-4,7,11-15,17-18H2. The predicted octanol–water partition coefficient (Wildman–Crippen LogP) is 4.77. The SMILES string of the molecule is OC1(Cc2cccc(F)c2)CCCCC1CN1CCN(c2ccccc2Cl)CC1. The molecule has 29 heavy (non-hydrogen) atoms. The van der Waals surface area contributed by atoms with Crippen molar-refractivity contribution in [1.29, 1.82) is 0 Å². The maximum absolute atomic E-state index is 13.6. The van der Waals surface area contributed by atoms with Crippen molar-refractivity contribution in [2.24, 2.45) is 5.92 Å². The van der Waals surface area contributed by atoms with Gasteiger partial charge in [0.05, 0.1) is 16.3 Å². The summed E-state index contributed by atoms with van der Waals surface area (Å²) in [6.07, 6.45) is 4.58. The van der Waals surface area contributed by atoms with Crippen molar-refractivity contribution < 1.29 is 9.50 Å². The van der Waals surface area contributed by atoms with Crippen LogP contribution in [0.4, 0.5) is 10.1 Å². The van der Waals surface area contributed by atoms with Gasteiger partial charge in [0.2, 0.25) is 0 Å². The summed E-state index contributed by atoms with van der Waals surface area (Å²) in [6.45, 7) is 4.73. The van der Waals surface area contributed by atoms with Crippen molar-refractivity contribution in [2.75, 3.05) is 37.6 Å². The summed E-state index contributed by atoms with van der Waals surface area (Å²) >= 11 is 6.36. The maximum atomic E-state index is 13.6. The minimum Gasteiger partial charge on any atom is -0.389 e. The van der Waals surface area contributed by atoms with Crippen LogP contribution in [0.5, 0.6) is 0 Å². The predicted molar refractivity (Wildman–Crippen MR) is 117 cm³/mol. The van der Waals surface area contributed by atoms with E-state index in [0.717, 1.165) is 74.7 Å². The quantitative estimate of drug-likeness (QED) is 0.760. The molecule has 2 atom stereocenters. The van der Waals surface area contributed by atoms with E-state index in [1.54, 1.807) is 12.1 Å². The van der Waals surface area contributed by atoms with Gasteiger partial charge in [-0.1, -0.05) is 48.7 Å². The lowest BCUT2D eigenvalue weighted by Gasteiger charge is -2.44. The number of benzene rings is 2. The number of rotatable bonds is 5. The third-order valence-electron chi connectivity index (χ3n) is 6.62. The number of hydrogen-bond acceptors (Lipinski definition) is 3. The fourth-order valence-corrected chi connectivity index (χ4v) is 5.24. The summed E-state index contributed by atoms with van der Waals surface area (Å²) < 4.78 is 13.6. The van der Waals surface area contributed by atoms with Crippen LogP contribution in [0.25, 0.3) is 0 Å². The molecular formula is C24H30ClFN2O. The molecule has 0 bridgehead atoms. The molecule has 0 spiro atoms. The fraction of sp³-hybridized carbons (Fsp3) is 0.500. The highest BCUT2D eigenvalue weighted by Crippen LogP contribution is 2.37. The molecule has 2 fully saturated rings. The van der Waals surface area contributed by atoms with E-state index in [-0.39, 0.29) is 11.7 Å². The Morgan fingerprint density at radius 1 is 1.03 bits per heavy atom. The Kier molecular flexibility index (Phi) is 6.43. The van der Waals surface area contributed by atoms with E-state index < -0.39 is 5.60 Å². The number of piperazine rings is 1. The van der Waals surface area contributed by atoms with Crippen molar-refractivity contribution >= 4 is 17.3 Å². The van der Waals surface area contributed by atoms with Crippen LogP contribution in [0.3, 0.4) is 0 Å². The lowest BCUT2D eigenvalue weighted by molar-refractivity contribution is -0.0595. The van der Waals surface area contributed by atoms with Crippen molar-refractivity contribution in [1.82, 2.24) is 4.90 Å². The molecule has 156 valence electrons. The van der Waals surface area contributed by atoms with Gasteiger partial charge in [0.15, 0.2) is 0 Å². The smallest absolute Gasteiger partial charge is 0.123 e. The number of aliphatic hydroxyl groups is 1. The van der Waals surface area contributed by atoms with E-state index in [1.165, 1.54) is 6.07 Å².